The Hall–Kier alpha value is -3.26. The average Bonchev–Trinajstić information content (AvgIpc) is 3.43. The maximum Gasteiger partial charge on any atom is 0.255 e. The van der Waals surface area contributed by atoms with E-state index in [1.807, 2.05) is 29.8 Å². The fourth-order valence-electron chi connectivity index (χ4n) is 3.31. The first-order valence-electron chi connectivity index (χ1n) is 9.51. The van der Waals surface area contributed by atoms with E-state index < -0.39 is 6.04 Å². The van der Waals surface area contributed by atoms with Gasteiger partial charge in [0.15, 0.2) is 0 Å². The fourth-order valence-corrected chi connectivity index (χ4v) is 4.46. The standard InChI is InChI=1S/C22H22N4O3S/c1-15-11-12-23-26(15)18-7-3-16(4-8-18)22(28)25-14-30-13-20(25)21(27)24-17-5-9-19(29-2)10-6-17/h3-12,20H,13-14H2,1-2H3,(H,24,27). The highest BCUT2D eigenvalue weighted by Gasteiger charge is 2.35. The smallest absolute Gasteiger partial charge is 0.255 e. The van der Waals surface area contributed by atoms with E-state index in [-0.39, 0.29) is 11.8 Å². The van der Waals surface area contributed by atoms with Gasteiger partial charge in [-0.1, -0.05) is 0 Å². The van der Waals surface area contributed by atoms with Crippen molar-refractivity contribution in [2.24, 2.45) is 0 Å². The van der Waals surface area contributed by atoms with Crippen LogP contribution in [-0.2, 0) is 4.79 Å². The molecule has 2 amide bonds. The molecule has 0 bridgehead atoms. The summed E-state index contributed by atoms with van der Waals surface area (Å²) in [7, 11) is 1.59. The molecule has 154 valence electrons. The number of benzene rings is 2. The molecule has 1 unspecified atom stereocenters. The van der Waals surface area contributed by atoms with Gasteiger partial charge in [0, 0.05) is 28.9 Å². The van der Waals surface area contributed by atoms with Crippen LogP contribution < -0.4 is 10.1 Å². The summed E-state index contributed by atoms with van der Waals surface area (Å²) in [4.78, 5) is 27.5. The van der Waals surface area contributed by atoms with Crippen LogP contribution in [0.3, 0.4) is 0 Å². The van der Waals surface area contributed by atoms with E-state index in [4.69, 9.17) is 4.74 Å². The van der Waals surface area contributed by atoms with Crippen LogP contribution in [0.5, 0.6) is 5.75 Å². The van der Waals surface area contributed by atoms with Crippen molar-refractivity contribution in [1.29, 1.82) is 0 Å². The summed E-state index contributed by atoms with van der Waals surface area (Å²) in [6.45, 7) is 1.97. The summed E-state index contributed by atoms with van der Waals surface area (Å²) in [5, 5.41) is 7.17. The zero-order chi connectivity index (χ0) is 21.1. The molecule has 1 aliphatic heterocycles. The largest absolute Gasteiger partial charge is 0.497 e. The molecular weight excluding hydrogens is 400 g/mol. The van der Waals surface area contributed by atoms with Crippen LogP contribution in [0.15, 0.2) is 60.8 Å². The van der Waals surface area contributed by atoms with E-state index in [2.05, 4.69) is 10.4 Å². The monoisotopic (exact) mass is 422 g/mol. The molecule has 1 saturated heterocycles. The molecule has 0 saturated carbocycles. The second kappa shape index (κ2) is 8.62. The highest BCUT2D eigenvalue weighted by atomic mass is 32.2. The molecule has 1 aliphatic rings. The molecule has 8 heteroatoms. The third-order valence-electron chi connectivity index (χ3n) is 4.99. The Labute approximate surface area is 179 Å². The van der Waals surface area contributed by atoms with Crippen LogP contribution in [0, 0.1) is 6.92 Å². The molecule has 1 atom stereocenters. The normalized spacial score (nSPS) is 15.8. The SMILES string of the molecule is COc1ccc(NC(=O)C2CSCN2C(=O)c2ccc(-n3nccc3C)cc2)cc1. The van der Waals surface area contributed by atoms with Gasteiger partial charge >= 0.3 is 0 Å². The third-order valence-corrected chi connectivity index (χ3v) is 6.01. The van der Waals surface area contributed by atoms with Crippen LogP contribution in [0.25, 0.3) is 5.69 Å². The van der Waals surface area contributed by atoms with Crippen molar-refractivity contribution in [2.75, 3.05) is 24.1 Å². The molecular formula is C22H22N4O3S. The van der Waals surface area contributed by atoms with E-state index in [0.29, 0.717) is 22.9 Å². The molecule has 4 rings (SSSR count). The lowest BCUT2D eigenvalue weighted by molar-refractivity contribution is -0.119. The first kappa shape index (κ1) is 20.0. The molecule has 1 N–H and O–H groups in total. The number of methoxy groups -OCH3 is 1. The summed E-state index contributed by atoms with van der Waals surface area (Å²) < 4.78 is 6.95. The number of amides is 2. The van der Waals surface area contributed by atoms with Crippen molar-refractivity contribution in [1.82, 2.24) is 14.7 Å². The zero-order valence-corrected chi connectivity index (χ0v) is 17.6. The maximum atomic E-state index is 13.1. The second-order valence-corrected chi connectivity index (χ2v) is 7.94. The van der Waals surface area contributed by atoms with Crippen molar-refractivity contribution in [3.05, 3.63) is 72.1 Å². The summed E-state index contributed by atoms with van der Waals surface area (Å²) >= 11 is 1.57. The van der Waals surface area contributed by atoms with Gasteiger partial charge in [-0.05, 0) is 61.5 Å². The molecule has 0 radical (unpaired) electrons. The van der Waals surface area contributed by atoms with Gasteiger partial charge in [-0.3, -0.25) is 9.59 Å². The molecule has 0 spiro atoms. The highest BCUT2D eigenvalue weighted by molar-refractivity contribution is 7.99. The topological polar surface area (TPSA) is 76.5 Å². The number of carbonyl (C=O) groups is 2. The minimum absolute atomic E-state index is 0.154. The van der Waals surface area contributed by atoms with Gasteiger partial charge in [-0.2, -0.15) is 5.10 Å². The first-order valence-corrected chi connectivity index (χ1v) is 10.7. The molecule has 3 aromatic rings. The molecule has 7 nitrogen and oxygen atoms in total. The number of aryl methyl sites for hydroxylation is 1. The van der Waals surface area contributed by atoms with Crippen LogP contribution in [0.1, 0.15) is 16.1 Å². The van der Waals surface area contributed by atoms with E-state index in [1.54, 1.807) is 66.4 Å². The van der Waals surface area contributed by atoms with E-state index >= 15 is 0 Å². The van der Waals surface area contributed by atoms with E-state index in [0.717, 1.165) is 17.1 Å². The minimum atomic E-state index is -0.516. The summed E-state index contributed by atoms with van der Waals surface area (Å²) in [6, 6.07) is 15.8. The Balaban J connectivity index is 1.46. The van der Waals surface area contributed by atoms with Gasteiger partial charge in [-0.15, -0.1) is 11.8 Å². The molecule has 1 aromatic heterocycles. The zero-order valence-electron chi connectivity index (χ0n) is 16.7. The molecule has 30 heavy (non-hydrogen) atoms. The Morgan fingerprint density at radius 1 is 1.10 bits per heavy atom. The van der Waals surface area contributed by atoms with E-state index in [9.17, 15) is 9.59 Å². The van der Waals surface area contributed by atoms with Crippen molar-refractivity contribution in [2.45, 2.75) is 13.0 Å². The van der Waals surface area contributed by atoms with Crippen LogP contribution >= 0.6 is 11.8 Å². The van der Waals surface area contributed by atoms with Crippen molar-refractivity contribution in [3.63, 3.8) is 0 Å². The molecule has 0 aliphatic carbocycles. The quantitative estimate of drug-likeness (QED) is 0.682. The van der Waals surface area contributed by atoms with Gasteiger partial charge < -0.3 is 15.0 Å². The predicted octanol–water partition coefficient (Wildman–Crippen LogP) is 3.34. The predicted molar refractivity (Wildman–Crippen MR) is 117 cm³/mol. The number of aromatic nitrogens is 2. The van der Waals surface area contributed by atoms with E-state index in [1.165, 1.54) is 0 Å². The van der Waals surface area contributed by atoms with Crippen LogP contribution in [0.4, 0.5) is 5.69 Å². The Kier molecular flexibility index (Phi) is 5.76. The van der Waals surface area contributed by atoms with Crippen LogP contribution in [-0.4, -0.2) is 51.3 Å². The first-order chi connectivity index (χ1) is 14.6. The summed E-state index contributed by atoms with van der Waals surface area (Å²) in [5.41, 5.74) is 3.12. The van der Waals surface area contributed by atoms with Gasteiger partial charge in [-0.25, -0.2) is 4.68 Å². The number of hydrogen-bond acceptors (Lipinski definition) is 5. The number of nitrogens with one attached hydrogen (secondary N) is 1. The lowest BCUT2D eigenvalue weighted by Crippen LogP contribution is -2.44. The number of ether oxygens (including phenoxy) is 1. The highest BCUT2D eigenvalue weighted by Crippen LogP contribution is 2.25. The van der Waals surface area contributed by atoms with Gasteiger partial charge in [0.05, 0.1) is 18.7 Å². The van der Waals surface area contributed by atoms with Gasteiger partial charge in [0.1, 0.15) is 11.8 Å². The number of rotatable bonds is 5. The summed E-state index contributed by atoms with van der Waals surface area (Å²) in [5.74, 6) is 1.42. The Morgan fingerprint density at radius 3 is 2.47 bits per heavy atom. The number of hydrogen-bond donors (Lipinski definition) is 1. The lowest BCUT2D eigenvalue weighted by atomic mass is 10.1. The van der Waals surface area contributed by atoms with Gasteiger partial charge in [0.2, 0.25) is 5.91 Å². The Bertz CT molecular complexity index is 1050. The molecule has 2 aromatic carbocycles. The maximum absolute atomic E-state index is 13.1. The van der Waals surface area contributed by atoms with Crippen molar-refractivity contribution >= 4 is 29.3 Å². The van der Waals surface area contributed by atoms with Crippen LogP contribution in [0.2, 0.25) is 0 Å². The molecule has 2 heterocycles. The van der Waals surface area contributed by atoms with Gasteiger partial charge in [0.25, 0.3) is 5.91 Å². The number of anilines is 1. The fraction of sp³-hybridized carbons (Fsp3) is 0.227. The Morgan fingerprint density at radius 2 is 1.83 bits per heavy atom. The number of carbonyl (C=O) groups excluding carboxylic acids is 2. The minimum Gasteiger partial charge on any atom is -0.497 e. The lowest BCUT2D eigenvalue weighted by Gasteiger charge is -2.23. The summed E-state index contributed by atoms with van der Waals surface area (Å²) in [6.07, 6.45) is 1.74. The van der Waals surface area contributed by atoms with Crippen molar-refractivity contribution in [3.8, 4) is 11.4 Å². The number of nitrogens with zero attached hydrogens (tertiary/aromatic N) is 3. The van der Waals surface area contributed by atoms with Crippen molar-refractivity contribution < 1.29 is 14.3 Å². The molecule has 1 fully saturated rings. The third kappa shape index (κ3) is 4.04. The average molecular weight is 423 g/mol. The second-order valence-electron chi connectivity index (χ2n) is 6.94. The number of thioether (sulfide) groups is 1.